The predicted molar refractivity (Wildman–Crippen MR) is 109 cm³/mol. The van der Waals surface area contributed by atoms with Crippen molar-refractivity contribution in [2.24, 2.45) is 0 Å². The molecule has 1 N–H and O–H groups in total. The van der Waals surface area contributed by atoms with Crippen LogP contribution in [0.1, 0.15) is 33.8 Å². The molecule has 0 saturated heterocycles. The molecule has 1 atom stereocenters. The SMILES string of the molecule is CS(=O)(=O)Nc1cc2c(cc1Oc1ccc(F)cc1F)C(=O)CC2c1ccccc1. The van der Waals surface area contributed by atoms with E-state index in [2.05, 4.69) is 4.72 Å². The van der Waals surface area contributed by atoms with E-state index in [9.17, 15) is 22.0 Å². The predicted octanol–water partition coefficient (Wildman–Crippen LogP) is 4.85. The lowest BCUT2D eigenvalue weighted by molar-refractivity contribution is 0.0991. The van der Waals surface area contributed by atoms with Gasteiger partial charge in [-0.3, -0.25) is 9.52 Å². The van der Waals surface area contributed by atoms with Crippen LogP contribution in [0.4, 0.5) is 14.5 Å². The van der Waals surface area contributed by atoms with Crippen molar-refractivity contribution in [3.8, 4) is 11.5 Å². The van der Waals surface area contributed by atoms with Crippen molar-refractivity contribution in [2.75, 3.05) is 11.0 Å². The van der Waals surface area contributed by atoms with Gasteiger partial charge in [0.15, 0.2) is 23.1 Å². The quantitative estimate of drug-likeness (QED) is 0.630. The lowest BCUT2D eigenvalue weighted by atomic mass is 9.93. The summed E-state index contributed by atoms with van der Waals surface area (Å²) in [5.41, 5.74) is 2.02. The smallest absolute Gasteiger partial charge is 0.229 e. The van der Waals surface area contributed by atoms with Crippen molar-refractivity contribution in [3.05, 3.63) is 89.0 Å². The van der Waals surface area contributed by atoms with Crippen molar-refractivity contribution < 1.29 is 26.7 Å². The van der Waals surface area contributed by atoms with Crippen LogP contribution >= 0.6 is 0 Å². The summed E-state index contributed by atoms with van der Waals surface area (Å²) in [7, 11) is -3.69. The summed E-state index contributed by atoms with van der Waals surface area (Å²) in [6, 6.07) is 15.1. The molecule has 0 bridgehead atoms. The number of ketones is 1. The maximum Gasteiger partial charge on any atom is 0.229 e. The van der Waals surface area contributed by atoms with Crippen LogP contribution in [0, 0.1) is 11.6 Å². The zero-order chi connectivity index (χ0) is 21.5. The Morgan fingerprint density at radius 1 is 1.00 bits per heavy atom. The van der Waals surface area contributed by atoms with Crippen molar-refractivity contribution in [1.29, 1.82) is 0 Å². The Kier molecular flexibility index (Phi) is 5.03. The molecule has 0 amide bonds. The normalized spacial score (nSPS) is 15.7. The molecule has 5 nitrogen and oxygen atoms in total. The highest BCUT2D eigenvalue weighted by Gasteiger charge is 2.32. The highest BCUT2D eigenvalue weighted by Crippen LogP contribution is 2.44. The molecule has 0 spiro atoms. The molecule has 1 unspecified atom stereocenters. The fourth-order valence-electron chi connectivity index (χ4n) is 3.55. The van der Waals surface area contributed by atoms with E-state index in [4.69, 9.17) is 4.74 Å². The van der Waals surface area contributed by atoms with Gasteiger partial charge in [0.2, 0.25) is 10.0 Å². The molecule has 4 rings (SSSR count). The van der Waals surface area contributed by atoms with Gasteiger partial charge >= 0.3 is 0 Å². The molecule has 0 heterocycles. The van der Waals surface area contributed by atoms with E-state index in [0.29, 0.717) is 17.2 Å². The Labute approximate surface area is 172 Å². The van der Waals surface area contributed by atoms with Gasteiger partial charge in [-0.25, -0.2) is 17.2 Å². The van der Waals surface area contributed by atoms with Gasteiger partial charge in [-0.05, 0) is 35.4 Å². The number of Topliss-reactive ketones (excluding diaryl/α,β-unsaturated/α-hetero) is 1. The number of halogens is 2. The molecule has 0 radical (unpaired) electrons. The van der Waals surface area contributed by atoms with Crippen LogP contribution in [0.15, 0.2) is 60.7 Å². The van der Waals surface area contributed by atoms with Crippen LogP contribution < -0.4 is 9.46 Å². The largest absolute Gasteiger partial charge is 0.452 e. The zero-order valence-corrected chi connectivity index (χ0v) is 16.7. The van der Waals surface area contributed by atoms with Gasteiger partial charge in [0.25, 0.3) is 0 Å². The molecular weight excluding hydrogens is 412 g/mol. The first kappa shape index (κ1) is 20.0. The third kappa shape index (κ3) is 4.04. The standard InChI is InChI=1S/C22H17F2NO4S/c1-30(27,28)25-19-10-16-15(13-5-3-2-4-6-13)11-20(26)17(16)12-22(19)29-21-8-7-14(23)9-18(21)24/h2-10,12,15,25H,11H2,1H3. The van der Waals surface area contributed by atoms with E-state index in [1.165, 1.54) is 12.1 Å². The average Bonchev–Trinajstić information content (AvgIpc) is 2.99. The van der Waals surface area contributed by atoms with Crippen LogP contribution in [0.3, 0.4) is 0 Å². The summed E-state index contributed by atoms with van der Waals surface area (Å²) in [6.07, 6.45) is 1.20. The lowest BCUT2D eigenvalue weighted by Gasteiger charge is -2.17. The Morgan fingerprint density at radius 2 is 1.73 bits per heavy atom. The Balaban J connectivity index is 1.83. The van der Waals surface area contributed by atoms with Gasteiger partial charge in [-0.2, -0.15) is 0 Å². The van der Waals surface area contributed by atoms with Crippen LogP contribution in [0.25, 0.3) is 0 Å². The number of hydrogen-bond donors (Lipinski definition) is 1. The third-order valence-corrected chi connectivity index (χ3v) is 5.42. The Hall–Kier alpha value is -3.26. The number of fused-ring (bicyclic) bond motifs is 1. The van der Waals surface area contributed by atoms with Crippen molar-refractivity contribution in [1.82, 2.24) is 0 Å². The molecule has 1 aliphatic rings. The molecule has 0 fully saturated rings. The summed E-state index contributed by atoms with van der Waals surface area (Å²) in [6.45, 7) is 0. The second-order valence-corrected chi connectivity index (χ2v) is 8.83. The molecule has 1 aliphatic carbocycles. The molecule has 154 valence electrons. The van der Waals surface area contributed by atoms with E-state index < -0.39 is 21.7 Å². The van der Waals surface area contributed by atoms with E-state index in [1.807, 2.05) is 30.3 Å². The fraction of sp³-hybridized carbons (Fsp3) is 0.136. The van der Waals surface area contributed by atoms with Crippen molar-refractivity contribution >= 4 is 21.5 Å². The Bertz CT molecular complexity index is 1240. The molecular formula is C22H17F2NO4S. The lowest BCUT2D eigenvalue weighted by Crippen LogP contribution is -2.11. The Morgan fingerprint density at radius 3 is 2.40 bits per heavy atom. The maximum atomic E-state index is 14.1. The molecule has 0 aromatic heterocycles. The van der Waals surface area contributed by atoms with E-state index in [0.717, 1.165) is 24.0 Å². The number of ether oxygens (including phenoxy) is 1. The minimum atomic E-state index is -3.69. The van der Waals surface area contributed by atoms with Crippen LogP contribution in [-0.2, 0) is 10.0 Å². The van der Waals surface area contributed by atoms with Crippen molar-refractivity contribution in [3.63, 3.8) is 0 Å². The van der Waals surface area contributed by atoms with Gasteiger partial charge in [0.1, 0.15) is 5.82 Å². The van der Waals surface area contributed by atoms with Gasteiger partial charge < -0.3 is 4.74 Å². The molecule has 3 aromatic carbocycles. The van der Waals surface area contributed by atoms with Gasteiger partial charge in [0.05, 0.1) is 11.9 Å². The maximum absolute atomic E-state index is 14.1. The molecule has 3 aromatic rings. The summed E-state index contributed by atoms with van der Waals surface area (Å²) in [5, 5.41) is 0. The number of anilines is 1. The first-order valence-electron chi connectivity index (χ1n) is 9.08. The minimum absolute atomic E-state index is 0.0493. The number of carbonyl (C=O) groups excluding carboxylic acids is 1. The third-order valence-electron chi connectivity index (χ3n) is 4.83. The van der Waals surface area contributed by atoms with Gasteiger partial charge in [0, 0.05) is 24.0 Å². The summed E-state index contributed by atoms with van der Waals surface area (Å²) >= 11 is 0. The summed E-state index contributed by atoms with van der Waals surface area (Å²) < 4.78 is 58.9. The average molecular weight is 429 g/mol. The van der Waals surface area contributed by atoms with Crippen LogP contribution in [-0.4, -0.2) is 20.5 Å². The minimum Gasteiger partial charge on any atom is -0.452 e. The van der Waals surface area contributed by atoms with E-state index >= 15 is 0 Å². The number of rotatable bonds is 5. The highest BCUT2D eigenvalue weighted by molar-refractivity contribution is 7.92. The zero-order valence-electron chi connectivity index (χ0n) is 15.9. The number of benzene rings is 3. The van der Waals surface area contributed by atoms with Crippen LogP contribution in [0.2, 0.25) is 0 Å². The second-order valence-electron chi connectivity index (χ2n) is 7.08. The number of sulfonamides is 1. The van der Waals surface area contributed by atoms with E-state index in [-0.39, 0.29) is 35.3 Å². The molecule has 0 saturated carbocycles. The van der Waals surface area contributed by atoms with Gasteiger partial charge in [-0.15, -0.1) is 0 Å². The van der Waals surface area contributed by atoms with E-state index in [1.54, 1.807) is 0 Å². The topological polar surface area (TPSA) is 72.5 Å². The molecule has 8 heteroatoms. The molecule has 0 aliphatic heterocycles. The van der Waals surface area contributed by atoms with Crippen molar-refractivity contribution in [2.45, 2.75) is 12.3 Å². The number of nitrogens with one attached hydrogen (secondary N) is 1. The first-order valence-corrected chi connectivity index (χ1v) is 11.0. The fourth-order valence-corrected chi connectivity index (χ4v) is 4.11. The van der Waals surface area contributed by atoms with Gasteiger partial charge in [-0.1, -0.05) is 30.3 Å². The summed E-state index contributed by atoms with van der Waals surface area (Å²) in [5.74, 6) is -2.43. The monoisotopic (exact) mass is 429 g/mol. The number of hydrogen-bond acceptors (Lipinski definition) is 4. The van der Waals surface area contributed by atoms with Crippen LogP contribution in [0.5, 0.6) is 11.5 Å². The first-order chi connectivity index (χ1) is 14.2. The second kappa shape index (κ2) is 7.53. The molecule has 30 heavy (non-hydrogen) atoms. The highest BCUT2D eigenvalue weighted by atomic mass is 32.2. The number of carbonyl (C=O) groups is 1. The summed E-state index contributed by atoms with van der Waals surface area (Å²) in [4.78, 5) is 12.6.